The van der Waals surface area contributed by atoms with Crippen LogP contribution >= 0.6 is 11.6 Å². The molecule has 1 unspecified atom stereocenters. The fraction of sp³-hybridized carbons (Fsp3) is 0.294. The molecule has 0 heterocycles. The Morgan fingerprint density at radius 1 is 1.20 bits per heavy atom. The predicted molar refractivity (Wildman–Crippen MR) is 82.5 cm³/mol. The van der Waals surface area contributed by atoms with Gasteiger partial charge in [0, 0.05) is 5.56 Å². The van der Waals surface area contributed by atoms with E-state index in [0.29, 0.717) is 16.3 Å². The van der Waals surface area contributed by atoms with Crippen molar-refractivity contribution in [3.05, 3.63) is 64.2 Å². The molecule has 2 aromatic carbocycles. The lowest BCUT2D eigenvalue weighted by Gasteiger charge is -2.17. The summed E-state index contributed by atoms with van der Waals surface area (Å²) in [6, 6.07) is 13.4. The fourth-order valence-electron chi connectivity index (χ4n) is 2.33. The molecular weight excluding hydrogens is 272 g/mol. The first kappa shape index (κ1) is 14.9. The topological polar surface area (TPSA) is 29.5 Å². The summed E-state index contributed by atoms with van der Waals surface area (Å²) in [5.41, 5.74) is 2.67. The maximum Gasteiger partial charge on any atom is 0.126 e. The molecule has 0 saturated heterocycles. The van der Waals surface area contributed by atoms with Crippen LogP contribution in [0.2, 0.25) is 5.02 Å². The molecule has 3 heteroatoms. The Hall–Kier alpha value is -1.51. The molecule has 2 aromatic rings. The molecule has 0 saturated carbocycles. The van der Waals surface area contributed by atoms with Crippen molar-refractivity contribution in [3.8, 4) is 5.75 Å². The second-order valence-corrected chi connectivity index (χ2v) is 5.16. The van der Waals surface area contributed by atoms with Gasteiger partial charge in [-0.3, -0.25) is 0 Å². The number of aliphatic hydroxyl groups is 1. The van der Waals surface area contributed by atoms with E-state index in [1.54, 1.807) is 19.2 Å². The van der Waals surface area contributed by atoms with E-state index >= 15 is 0 Å². The average Bonchev–Trinajstić information content (AvgIpc) is 2.47. The number of aryl methyl sites for hydroxylation is 1. The van der Waals surface area contributed by atoms with Gasteiger partial charge in [-0.15, -0.1) is 0 Å². The van der Waals surface area contributed by atoms with E-state index in [-0.39, 0.29) is 0 Å². The van der Waals surface area contributed by atoms with Gasteiger partial charge in [0.05, 0.1) is 12.1 Å². The van der Waals surface area contributed by atoms with Crippen LogP contribution in [-0.2, 0) is 6.42 Å². The van der Waals surface area contributed by atoms with Crippen molar-refractivity contribution in [3.63, 3.8) is 0 Å². The Kier molecular flexibility index (Phi) is 5.05. The third-order valence-electron chi connectivity index (χ3n) is 3.31. The number of hydrogen-bond donors (Lipinski definition) is 1. The van der Waals surface area contributed by atoms with Crippen molar-refractivity contribution in [1.82, 2.24) is 0 Å². The summed E-state index contributed by atoms with van der Waals surface area (Å²) in [4.78, 5) is 0. The number of aliphatic hydroxyl groups excluding tert-OH is 1. The van der Waals surface area contributed by atoms with E-state index in [9.17, 15) is 5.11 Å². The van der Waals surface area contributed by atoms with Crippen LogP contribution in [0.1, 0.15) is 36.1 Å². The zero-order chi connectivity index (χ0) is 14.5. The maximum absolute atomic E-state index is 10.6. The van der Waals surface area contributed by atoms with E-state index in [0.717, 1.165) is 18.4 Å². The fourth-order valence-corrected chi connectivity index (χ4v) is 2.60. The Bertz CT molecular complexity index is 581. The molecule has 1 N–H and O–H groups in total. The molecule has 0 aliphatic rings. The molecule has 2 nitrogen and oxygen atoms in total. The number of rotatable bonds is 5. The third-order valence-corrected chi connectivity index (χ3v) is 3.64. The molecule has 0 aromatic heterocycles. The molecule has 106 valence electrons. The molecule has 20 heavy (non-hydrogen) atoms. The second kappa shape index (κ2) is 6.78. The lowest BCUT2D eigenvalue weighted by atomic mass is 9.97. The molecular formula is C17H19ClO2. The first-order valence-corrected chi connectivity index (χ1v) is 7.14. The Balaban J connectivity index is 2.40. The first-order valence-electron chi connectivity index (χ1n) is 6.76. The van der Waals surface area contributed by atoms with Crippen molar-refractivity contribution in [2.24, 2.45) is 0 Å². The third kappa shape index (κ3) is 3.14. The zero-order valence-corrected chi connectivity index (χ0v) is 12.5. The molecule has 1 atom stereocenters. The largest absolute Gasteiger partial charge is 0.496 e. The molecule has 0 spiro atoms. The highest BCUT2D eigenvalue weighted by Crippen LogP contribution is 2.35. The maximum atomic E-state index is 10.6. The molecule has 0 bridgehead atoms. The standard InChI is InChI=1S/C17H19ClO2/c1-3-6-12-7-4-8-13(11-12)17(19)16-14(18)9-5-10-15(16)20-2/h4-5,7-11,17,19H,3,6H2,1-2H3. The van der Waals surface area contributed by atoms with Gasteiger partial charge in [0.25, 0.3) is 0 Å². The molecule has 0 amide bonds. The summed E-state index contributed by atoms with van der Waals surface area (Å²) < 4.78 is 5.30. The summed E-state index contributed by atoms with van der Waals surface area (Å²) in [5.74, 6) is 0.603. The van der Waals surface area contributed by atoms with E-state index in [1.165, 1.54) is 5.56 Å². The number of halogens is 1. The van der Waals surface area contributed by atoms with Gasteiger partial charge in [-0.1, -0.05) is 55.3 Å². The Morgan fingerprint density at radius 3 is 2.65 bits per heavy atom. The summed E-state index contributed by atoms with van der Waals surface area (Å²) in [6.07, 6.45) is 1.30. The summed E-state index contributed by atoms with van der Waals surface area (Å²) in [7, 11) is 1.58. The molecule has 0 fully saturated rings. The van der Waals surface area contributed by atoms with Crippen LogP contribution in [0.3, 0.4) is 0 Å². The van der Waals surface area contributed by atoms with E-state index in [1.807, 2.05) is 24.3 Å². The average molecular weight is 291 g/mol. The smallest absolute Gasteiger partial charge is 0.126 e. The summed E-state index contributed by atoms with van der Waals surface area (Å²) in [5, 5.41) is 11.1. The minimum Gasteiger partial charge on any atom is -0.496 e. The van der Waals surface area contributed by atoms with Gasteiger partial charge < -0.3 is 9.84 Å². The van der Waals surface area contributed by atoms with Gasteiger partial charge >= 0.3 is 0 Å². The lowest BCUT2D eigenvalue weighted by Crippen LogP contribution is -2.04. The highest BCUT2D eigenvalue weighted by atomic mass is 35.5. The van der Waals surface area contributed by atoms with Gasteiger partial charge in [0.1, 0.15) is 11.9 Å². The van der Waals surface area contributed by atoms with E-state index < -0.39 is 6.10 Å². The van der Waals surface area contributed by atoms with E-state index in [4.69, 9.17) is 16.3 Å². The predicted octanol–water partition coefficient (Wildman–Crippen LogP) is 4.38. The molecule has 0 radical (unpaired) electrons. The Labute approximate surface area is 125 Å². The monoisotopic (exact) mass is 290 g/mol. The van der Waals surface area contributed by atoms with Gasteiger partial charge in [-0.2, -0.15) is 0 Å². The van der Waals surface area contributed by atoms with Crippen LogP contribution in [0.15, 0.2) is 42.5 Å². The number of ether oxygens (including phenoxy) is 1. The van der Waals surface area contributed by atoms with Gasteiger partial charge in [0.2, 0.25) is 0 Å². The van der Waals surface area contributed by atoms with Crippen LogP contribution in [0.5, 0.6) is 5.75 Å². The second-order valence-electron chi connectivity index (χ2n) is 4.75. The molecule has 2 rings (SSSR count). The van der Waals surface area contributed by atoms with Crippen molar-refractivity contribution >= 4 is 11.6 Å². The van der Waals surface area contributed by atoms with Crippen LogP contribution in [0.25, 0.3) is 0 Å². The highest BCUT2D eigenvalue weighted by Gasteiger charge is 2.18. The van der Waals surface area contributed by atoms with Crippen LogP contribution in [0, 0.1) is 0 Å². The minimum atomic E-state index is -0.782. The SMILES string of the molecule is CCCc1cccc(C(O)c2c(Cl)cccc2OC)c1. The highest BCUT2D eigenvalue weighted by molar-refractivity contribution is 6.31. The molecule has 0 aliphatic heterocycles. The Morgan fingerprint density at radius 2 is 1.95 bits per heavy atom. The van der Waals surface area contributed by atoms with Gasteiger partial charge in [-0.25, -0.2) is 0 Å². The summed E-state index contributed by atoms with van der Waals surface area (Å²) >= 11 is 6.21. The summed E-state index contributed by atoms with van der Waals surface area (Å²) in [6.45, 7) is 2.14. The normalized spacial score (nSPS) is 12.2. The van der Waals surface area contributed by atoms with Crippen molar-refractivity contribution in [2.45, 2.75) is 25.9 Å². The number of hydrogen-bond acceptors (Lipinski definition) is 2. The molecule has 0 aliphatic carbocycles. The van der Waals surface area contributed by atoms with Crippen LogP contribution in [-0.4, -0.2) is 12.2 Å². The van der Waals surface area contributed by atoms with Crippen molar-refractivity contribution in [1.29, 1.82) is 0 Å². The quantitative estimate of drug-likeness (QED) is 0.885. The number of methoxy groups -OCH3 is 1. The van der Waals surface area contributed by atoms with Gasteiger partial charge in [-0.05, 0) is 29.7 Å². The van der Waals surface area contributed by atoms with Crippen LogP contribution < -0.4 is 4.74 Å². The number of benzene rings is 2. The van der Waals surface area contributed by atoms with Gasteiger partial charge in [0.15, 0.2) is 0 Å². The lowest BCUT2D eigenvalue weighted by molar-refractivity contribution is 0.214. The zero-order valence-electron chi connectivity index (χ0n) is 11.8. The van der Waals surface area contributed by atoms with E-state index in [2.05, 4.69) is 13.0 Å². The minimum absolute atomic E-state index is 0.512. The first-order chi connectivity index (χ1) is 9.67. The van der Waals surface area contributed by atoms with Crippen LogP contribution in [0.4, 0.5) is 0 Å². The van der Waals surface area contributed by atoms with Crippen molar-refractivity contribution in [2.75, 3.05) is 7.11 Å². The van der Waals surface area contributed by atoms with Crippen molar-refractivity contribution < 1.29 is 9.84 Å².